The molecule has 4 rings (SSSR count). The second-order valence-corrected chi connectivity index (χ2v) is 9.82. The molecule has 2 aromatic carbocycles. The quantitative estimate of drug-likeness (QED) is 0.226. The predicted molar refractivity (Wildman–Crippen MR) is 150 cm³/mol. The molecule has 2 aromatic heterocycles. The molecule has 4 aromatic rings. The van der Waals surface area contributed by atoms with E-state index >= 15 is 0 Å². The molecule has 0 aliphatic heterocycles. The molecule has 0 bridgehead atoms. The summed E-state index contributed by atoms with van der Waals surface area (Å²) in [5, 5.41) is 0. The molecule has 9 heteroatoms. The normalized spacial score (nSPS) is 12.4. The van der Waals surface area contributed by atoms with Crippen molar-refractivity contribution in [2.45, 2.75) is 32.1 Å². The number of alkyl halides is 3. The van der Waals surface area contributed by atoms with Crippen LogP contribution >= 0.6 is 0 Å². The van der Waals surface area contributed by atoms with E-state index in [2.05, 4.69) is 55.9 Å². The maximum atomic E-state index is 13.0. The highest BCUT2D eigenvalue weighted by Gasteiger charge is 2.30. The summed E-state index contributed by atoms with van der Waals surface area (Å²) in [6, 6.07) is 19.2. The highest BCUT2D eigenvalue weighted by molar-refractivity contribution is 5.63. The van der Waals surface area contributed by atoms with Gasteiger partial charge in [0.1, 0.15) is 0 Å². The Balaban J connectivity index is 1.59. The lowest BCUT2D eigenvalue weighted by molar-refractivity contribution is -0.137. The zero-order valence-electron chi connectivity index (χ0n) is 22.6. The van der Waals surface area contributed by atoms with Crippen LogP contribution < -0.4 is 9.80 Å². The second kappa shape index (κ2) is 12.3. The van der Waals surface area contributed by atoms with E-state index in [9.17, 15) is 13.2 Å². The van der Waals surface area contributed by atoms with Gasteiger partial charge in [-0.3, -0.25) is 4.98 Å². The number of nitrogens with zero attached hydrogens (tertiary/aromatic N) is 6. The van der Waals surface area contributed by atoms with Crippen molar-refractivity contribution in [3.8, 4) is 11.3 Å². The van der Waals surface area contributed by atoms with Gasteiger partial charge in [-0.2, -0.15) is 13.2 Å². The topological polar surface area (TPSA) is 48.4 Å². The van der Waals surface area contributed by atoms with E-state index in [1.165, 1.54) is 12.1 Å². The monoisotopic (exact) mass is 534 g/mol. The lowest BCUT2D eigenvalue weighted by atomic mass is 10.1. The summed E-state index contributed by atoms with van der Waals surface area (Å²) in [6.45, 7) is 3.62. The van der Waals surface area contributed by atoms with E-state index in [0.29, 0.717) is 23.8 Å². The van der Waals surface area contributed by atoms with Crippen molar-refractivity contribution in [1.29, 1.82) is 0 Å². The lowest BCUT2D eigenvalue weighted by Crippen LogP contribution is -2.36. The van der Waals surface area contributed by atoms with Crippen molar-refractivity contribution in [1.82, 2.24) is 19.9 Å². The molecular formula is C30H33F3N6. The van der Waals surface area contributed by atoms with Crippen LogP contribution in [-0.4, -0.2) is 53.6 Å². The van der Waals surface area contributed by atoms with Crippen LogP contribution in [0.15, 0.2) is 85.3 Å². The van der Waals surface area contributed by atoms with Gasteiger partial charge in [0.15, 0.2) is 0 Å². The molecule has 0 saturated carbocycles. The van der Waals surface area contributed by atoms with Crippen LogP contribution in [0.4, 0.5) is 30.5 Å². The minimum atomic E-state index is -4.38. The number of hydrogen-bond acceptors (Lipinski definition) is 6. The van der Waals surface area contributed by atoms with Crippen LogP contribution in [0.5, 0.6) is 0 Å². The zero-order valence-corrected chi connectivity index (χ0v) is 22.6. The molecule has 6 nitrogen and oxygen atoms in total. The van der Waals surface area contributed by atoms with E-state index in [1.807, 2.05) is 33.3 Å². The van der Waals surface area contributed by atoms with Crippen LogP contribution in [-0.2, 0) is 12.7 Å². The van der Waals surface area contributed by atoms with Crippen LogP contribution in [0, 0.1) is 0 Å². The number of pyridine rings is 1. The van der Waals surface area contributed by atoms with Crippen LogP contribution in [0.25, 0.3) is 11.3 Å². The Kier molecular flexibility index (Phi) is 8.81. The summed E-state index contributed by atoms with van der Waals surface area (Å²) in [4.78, 5) is 19.8. The third kappa shape index (κ3) is 7.32. The summed E-state index contributed by atoms with van der Waals surface area (Å²) >= 11 is 0. The molecule has 0 fully saturated rings. The molecular weight excluding hydrogens is 501 g/mol. The number of halogens is 3. The van der Waals surface area contributed by atoms with Crippen LogP contribution in [0.1, 0.15) is 24.5 Å². The van der Waals surface area contributed by atoms with Crippen LogP contribution in [0.2, 0.25) is 0 Å². The third-order valence-corrected chi connectivity index (χ3v) is 6.66. The standard InChI is InChI=1S/C30H33F3N6/c1-22(16-20-37(2)3)39(21-23-5-11-26(12-6-23)38(4)27-13-17-34-18-14-27)29-35-19-15-28(36-29)24-7-9-25(10-8-24)30(31,32)33/h5-15,17-19,22H,16,20-21H2,1-4H3. The highest BCUT2D eigenvalue weighted by Crippen LogP contribution is 2.31. The molecule has 0 aliphatic carbocycles. The Morgan fingerprint density at radius 3 is 2.05 bits per heavy atom. The molecule has 1 unspecified atom stereocenters. The second-order valence-electron chi connectivity index (χ2n) is 9.82. The van der Waals surface area contributed by atoms with Gasteiger partial charge in [-0.15, -0.1) is 0 Å². The summed E-state index contributed by atoms with van der Waals surface area (Å²) in [5.74, 6) is 0.539. The van der Waals surface area contributed by atoms with E-state index in [4.69, 9.17) is 4.98 Å². The molecule has 2 heterocycles. The average Bonchev–Trinajstić information content (AvgIpc) is 2.94. The minimum Gasteiger partial charge on any atom is -0.345 e. The fourth-order valence-electron chi connectivity index (χ4n) is 4.24. The molecule has 0 saturated heterocycles. The summed E-state index contributed by atoms with van der Waals surface area (Å²) in [7, 11) is 6.09. The number of benzene rings is 2. The Morgan fingerprint density at radius 2 is 1.44 bits per heavy atom. The van der Waals surface area contributed by atoms with Crippen molar-refractivity contribution in [2.75, 3.05) is 37.5 Å². The summed E-state index contributed by atoms with van der Waals surface area (Å²) < 4.78 is 39.1. The van der Waals surface area contributed by atoms with Crippen molar-refractivity contribution in [2.24, 2.45) is 0 Å². The maximum absolute atomic E-state index is 13.0. The lowest BCUT2D eigenvalue weighted by Gasteiger charge is -2.30. The van der Waals surface area contributed by atoms with Crippen LogP contribution in [0.3, 0.4) is 0 Å². The maximum Gasteiger partial charge on any atom is 0.416 e. The first-order valence-corrected chi connectivity index (χ1v) is 12.8. The number of hydrogen-bond donors (Lipinski definition) is 0. The van der Waals surface area contributed by atoms with Gasteiger partial charge in [-0.25, -0.2) is 9.97 Å². The van der Waals surface area contributed by atoms with Gasteiger partial charge in [0, 0.05) is 55.2 Å². The largest absolute Gasteiger partial charge is 0.416 e. The SMILES string of the molecule is CC(CCN(C)C)N(Cc1ccc(N(C)c2ccncc2)cc1)c1nccc(-c2ccc(C(F)(F)F)cc2)n1. The molecule has 1 atom stereocenters. The molecule has 0 aliphatic rings. The summed E-state index contributed by atoms with van der Waals surface area (Å²) in [5.41, 5.74) is 3.70. The highest BCUT2D eigenvalue weighted by atomic mass is 19.4. The smallest absolute Gasteiger partial charge is 0.345 e. The Bertz CT molecular complexity index is 1330. The van der Waals surface area contributed by atoms with Gasteiger partial charge in [-0.1, -0.05) is 24.3 Å². The third-order valence-electron chi connectivity index (χ3n) is 6.66. The first kappa shape index (κ1) is 28.0. The van der Waals surface area contributed by atoms with E-state index in [-0.39, 0.29) is 6.04 Å². The van der Waals surface area contributed by atoms with Gasteiger partial charge in [0.05, 0.1) is 11.3 Å². The van der Waals surface area contributed by atoms with E-state index < -0.39 is 11.7 Å². The number of aromatic nitrogens is 3. The Hall–Kier alpha value is -3.98. The average molecular weight is 535 g/mol. The van der Waals surface area contributed by atoms with Gasteiger partial charge < -0.3 is 14.7 Å². The van der Waals surface area contributed by atoms with Crippen molar-refractivity contribution >= 4 is 17.3 Å². The van der Waals surface area contributed by atoms with Gasteiger partial charge in [0.2, 0.25) is 5.95 Å². The molecule has 0 N–H and O–H groups in total. The van der Waals surface area contributed by atoms with E-state index in [0.717, 1.165) is 42.0 Å². The van der Waals surface area contributed by atoms with Gasteiger partial charge in [-0.05, 0) is 82.0 Å². The van der Waals surface area contributed by atoms with Crippen molar-refractivity contribution < 1.29 is 13.2 Å². The van der Waals surface area contributed by atoms with E-state index in [1.54, 1.807) is 24.7 Å². The molecule has 0 amide bonds. The zero-order chi connectivity index (χ0) is 28.0. The van der Waals surface area contributed by atoms with Gasteiger partial charge in [0.25, 0.3) is 0 Å². The first-order valence-electron chi connectivity index (χ1n) is 12.8. The van der Waals surface area contributed by atoms with Crippen molar-refractivity contribution in [3.05, 3.63) is 96.4 Å². The Labute approximate surface area is 227 Å². The molecule has 204 valence electrons. The fraction of sp³-hybridized carbons (Fsp3) is 0.300. The molecule has 39 heavy (non-hydrogen) atoms. The minimum absolute atomic E-state index is 0.120. The van der Waals surface area contributed by atoms with Gasteiger partial charge >= 0.3 is 6.18 Å². The van der Waals surface area contributed by atoms with Crippen molar-refractivity contribution in [3.63, 3.8) is 0 Å². The Morgan fingerprint density at radius 1 is 0.795 bits per heavy atom. The molecule has 0 spiro atoms. The first-order chi connectivity index (χ1) is 18.6. The predicted octanol–water partition coefficient (Wildman–Crippen LogP) is 6.67. The number of anilines is 3. The summed E-state index contributed by atoms with van der Waals surface area (Å²) in [6.07, 6.45) is 1.71. The fourth-order valence-corrected chi connectivity index (χ4v) is 4.24. The molecule has 0 radical (unpaired) electrons. The number of rotatable bonds is 10.